The van der Waals surface area contributed by atoms with Crippen LogP contribution in [0, 0.1) is 0 Å². The maximum atomic E-state index is 2.29. The van der Waals surface area contributed by atoms with Crippen LogP contribution >= 0.6 is 0 Å². The van der Waals surface area contributed by atoms with Crippen molar-refractivity contribution in [2.75, 3.05) is 0 Å². The van der Waals surface area contributed by atoms with E-state index < -0.39 is 0 Å². The quantitative estimate of drug-likeness (QED) is 0.435. The van der Waals surface area contributed by atoms with Gasteiger partial charge in [-0.1, -0.05) is 33.7 Å². The molecule has 0 atom stereocenters. The van der Waals surface area contributed by atoms with Crippen molar-refractivity contribution >= 4 is 9.52 Å². The molecule has 0 aliphatic carbocycles. The second-order valence-corrected chi connectivity index (χ2v) is 5.34. The van der Waals surface area contributed by atoms with E-state index in [2.05, 4.69) is 27.7 Å². The summed E-state index contributed by atoms with van der Waals surface area (Å²) in [5, 5.41) is 0.578. The molecule has 0 N–H and O–H groups in total. The second kappa shape index (κ2) is 4.39. The van der Waals surface area contributed by atoms with Crippen LogP contribution < -0.4 is 12.4 Å². The maximum absolute atomic E-state index is 2.29. The van der Waals surface area contributed by atoms with E-state index in [1.165, 1.54) is 6.04 Å². The molecule has 0 aliphatic rings. The Hall–Kier alpha value is 0.507. The molecule has 0 nitrogen and oxygen atoms in total. The predicted octanol–water partition coefficient (Wildman–Crippen LogP) is -0.649. The normalized spacial score (nSPS) is 10.5. The van der Waals surface area contributed by atoms with E-state index in [9.17, 15) is 0 Å². The molecule has 50 valence electrons. The van der Waals surface area contributed by atoms with Gasteiger partial charge in [-0.05, 0) is 5.04 Å². The highest BCUT2D eigenvalue weighted by atomic mass is 35.5. The molecule has 0 unspecified atom stereocenters. The first kappa shape index (κ1) is 11.3. The third-order valence-corrected chi connectivity index (χ3v) is 2.12. The van der Waals surface area contributed by atoms with Crippen molar-refractivity contribution < 1.29 is 12.4 Å². The van der Waals surface area contributed by atoms with Gasteiger partial charge in [0.1, 0.15) is 0 Å². The molecule has 0 heterocycles. The average molecular weight is 150 g/mol. The molecule has 0 aromatic carbocycles. The van der Waals surface area contributed by atoms with E-state index in [-0.39, 0.29) is 12.4 Å². The Morgan fingerprint density at radius 2 is 1.62 bits per heavy atom. The molecule has 0 aromatic heterocycles. The molecule has 0 aromatic rings. The van der Waals surface area contributed by atoms with Crippen molar-refractivity contribution in [3.8, 4) is 0 Å². The fourth-order valence-electron chi connectivity index (χ4n) is 0.530. The molecule has 8 heavy (non-hydrogen) atoms. The van der Waals surface area contributed by atoms with Gasteiger partial charge in [0.15, 0.2) is 0 Å². The van der Waals surface area contributed by atoms with E-state index in [1.807, 2.05) is 0 Å². The molecule has 2 radical (unpaired) electrons. The Kier molecular flexibility index (Phi) is 6.22. The first-order chi connectivity index (χ1) is 3.06. The zero-order valence-corrected chi connectivity index (χ0v) is 7.84. The molecule has 0 saturated heterocycles. The maximum Gasteiger partial charge on any atom is 0.0442 e. The lowest BCUT2D eigenvalue weighted by Crippen LogP contribution is -3.00. The van der Waals surface area contributed by atoms with Crippen molar-refractivity contribution in [2.45, 2.75) is 38.8 Å². The summed E-state index contributed by atoms with van der Waals surface area (Å²) in [6, 6.07) is 1.34. The monoisotopic (exact) mass is 149 g/mol. The largest absolute Gasteiger partial charge is 1.00 e. The summed E-state index contributed by atoms with van der Waals surface area (Å²) >= 11 is 0. The van der Waals surface area contributed by atoms with Gasteiger partial charge in [0, 0.05) is 9.52 Å². The first-order valence-electron chi connectivity index (χ1n) is 2.81. The van der Waals surface area contributed by atoms with Crippen molar-refractivity contribution in [2.24, 2.45) is 0 Å². The van der Waals surface area contributed by atoms with Gasteiger partial charge in [-0.3, -0.25) is 0 Å². The molecular weight excluding hydrogens is 136 g/mol. The minimum absolute atomic E-state index is 0. The van der Waals surface area contributed by atoms with E-state index in [1.54, 1.807) is 0 Å². The molecule has 0 rings (SSSR count). The van der Waals surface area contributed by atoms with Gasteiger partial charge >= 0.3 is 0 Å². The zero-order valence-electron chi connectivity index (χ0n) is 6.09. The van der Waals surface area contributed by atoms with Gasteiger partial charge in [-0.15, -0.1) is 0 Å². The Labute approximate surface area is 61.3 Å². The minimum atomic E-state index is 0. The number of halogens is 1. The lowest BCUT2D eigenvalue weighted by molar-refractivity contribution is -0.00000194. The Bertz CT molecular complexity index is 47.0. The summed E-state index contributed by atoms with van der Waals surface area (Å²) in [5.74, 6) is 0. The van der Waals surface area contributed by atoms with Crippen molar-refractivity contribution in [3.63, 3.8) is 0 Å². The van der Waals surface area contributed by atoms with Gasteiger partial charge in [-0.2, -0.15) is 0 Å². The molecule has 0 fully saturated rings. The van der Waals surface area contributed by atoms with Crippen LogP contribution in [0.2, 0.25) is 11.1 Å². The molecule has 0 spiro atoms. The van der Waals surface area contributed by atoms with E-state index in [0.717, 1.165) is 9.52 Å². The zero-order chi connectivity index (χ0) is 5.91. The van der Waals surface area contributed by atoms with Crippen LogP contribution in [0.3, 0.4) is 0 Å². The minimum Gasteiger partial charge on any atom is -1.00 e. The van der Waals surface area contributed by atoms with E-state index in [4.69, 9.17) is 0 Å². The summed E-state index contributed by atoms with van der Waals surface area (Å²) in [6.07, 6.45) is 0. The van der Waals surface area contributed by atoms with Gasteiger partial charge in [0.05, 0.1) is 0 Å². The fraction of sp³-hybridized carbons (Fsp3) is 1.00. The molecule has 2 heteroatoms. The smallest absolute Gasteiger partial charge is 0.0442 e. The van der Waals surface area contributed by atoms with Crippen LogP contribution in [0.5, 0.6) is 0 Å². The standard InChI is InChI=1S/C6H14Si.ClH/c1-5-7-6(2,3)4;/h5H2,1-4H3;1H/p-1. The highest BCUT2D eigenvalue weighted by Crippen LogP contribution is 2.20. The van der Waals surface area contributed by atoms with E-state index in [0.29, 0.717) is 5.04 Å². The van der Waals surface area contributed by atoms with Crippen LogP contribution in [-0.2, 0) is 0 Å². The molecular formula is C6H14ClSi-. The average Bonchev–Trinajstić information content (AvgIpc) is 1.30. The molecule has 0 bridgehead atoms. The Morgan fingerprint density at radius 3 is 1.62 bits per heavy atom. The summed E-state index contributed by atoms with van der Waals surface area (Å²) in [4.78, 5) is 0. The SMILES string of the molecule is CC[Si]C(C)(C)C.[Cl-]. The van der Waals surface area contributed by atoms with Crippen LogP contribution in [0.15, 0.2) is 0 Å². The third kappa shape index (κ3) is 9.71. The number of hydrogen-bond acceptors (Lipinski definition) is 0. The van der Waals surface area contributed by atoms with Gasteiger partial charge in [0.2, 0.25) is 0 Å². The van der Waals surface area contributed by atoms with Crippen molar-refractivity contribution in [1.29, 1.82) is 0 Å². The lowest BCUT2D eigenvalue weighted by atomic mass is 10.3. The van der Waals surface area contributed by atoms with E-state index >= 15 is 0 Å². The van der Waals surface area contributed by atoms with Gasteiger partial charge in [-0.25, -0.2) is 0 Å². The van der Waals surface area contributed by atoms with Crippen LogP contribution in [-0.4, -0.2) is 9.52 Å². The number of rotatable bonds is 1. The molecule has 0 aliphatic heterocycles. The Balaban J connectivity index is 0. The van der Waals surface area contributed by atoms with Gasteiger partial charge < -0.3 is 12.4 Å². The molecule has 0 amide bonds. The van der Waals surface area contributed by atoms with Gasteiger partial charge in [0.25, 0.3) is 0 Å². The highest BCUT2D eigenvalue weighted by Gasteiger charge is 2.07. The van der Waals surface area contributed by atoms with Crippen LogP contribution in [0.25, 0.3) is 0 Å². The van der Waals surface area contributed by atoms with Crippen LogP contribution in [0.1, 0.15) is 27.7 Å². The summed E-state index contributed by atoms with van der Waals surface area (Å²) in [7, 11) is 1.12. The number of hydrogen-bond donors (Lipinski definition) is 0. The van der Waals surface area contributed by atoms with Crippen molar-refractivity contribution in [3.05, 3.63) is 0 Å². The topological polar surface area (TPSA) is 0 Å². The lowest BCUT2D eigenvalue weighted by Gasteiger charge is -2.14. The van der Waals surface area contributed by atoms with Crippen molar-refractivity contribution in [1.82, 2.24) is 0 Å². The summed E-state index contributed by atoms with van der Waals surface area (Å²) in [5.41, 5.74) is 0. The fourth-order valence-corrected chi connectivity index (χ4v) is 1.59. The summed E-state index contributed by atoms with van der Waals surface area (Å²) < 4.78 is 0. The van der Waals surface area contributed by atoms with Crippen LogP contribution in [0.4, 0.5) is 0 Å². The second-order valence-electron chi connectivity index (χ2n) is 2.78. The highest BCUT2D eigenvalue weighted by molar-refractivity contribution is 6.39. The first-order valence-corrected chi connectivity index (χ1v) is 4.02. The Morgan fingerprint density at radius 1 is 1.25 bits per heavy atom. The molecule has 0 saturated carbocycles. The summed E-state index contributed by atoms with van der Waals surface area (Å²) in [6.45, 7) is 9.10. The predicted molar refractivity (Wildman–Crippen MR) is 35.9 cm³/mol. The third-order valence-electron chi connectivity index (χ3n) is 0.707.